The highest BCUT2D eigenvalue weighted by Gasteiger charge is 2.45. The van der Waals surface area contributed by atoms with Crippen LogP contribution in [0.5, 0.6) is 0 Å². The minimum absolute atomic E-state index is 0.109. The van der Waals surface area contributed by atoms with E-state index in [0.29, 0.717) is 39.9 Å². The number of hydrogen-bond donors (Lipinski definition) is 1. The fourth-order valence-corrected chi connectivity index (χ4v) is 7.05. The van der Waals surface area contributed by atoms with E-state index in [1.54, 1.807) is 27.7 Å². The quantitative estimate of drug-likeness (QED) is 0.243. The monoisotopic (exact) mass is 605 g/mol. The number of rotatable bonds is 4. The van der Waals surface area contributed by atoms with Crippen LogP contribution in [0.2, 0.25) is 0 Å². The minimum Gasteiger partial charge on any atom is -0.444 e. The molecule has 9 nitrogen and oxygen atoms in total. The third-order valence-corrected chi connectivity index (χ3v) is 8.90. The van der Waals surface area contributed by atoms with Gasteiger partial charge < -0.3 is 19.5 Å². The number of ether oxygens (including phenoxy) is 1. The van der Waals surface area contributed by atoms with Gasteiger partial charge in [0.05, 0.1) is 22.8 Å². The molecule has 0 spiro atoms. The molecule has 4 heterocycles. The standard InChI is InChI=1S/C31H29F2N5O4S/c1-15-20-13-22(32)21(14-25(20)42-37-15)27-26(16-6-9-24(34-5)23(33)10-16)36-28(43-27)29(39)38-18-7-8-19(38)12-17(11-18)35-30(40)41-31(2,3)4/h6,9-10,13-14,17-19H,7-8,11-12H2,1-4H3,(H,35,40). The molecule has 2 aliphatic rings. The van der Waals surface area contributed by atoms with E-state index in [0.717, 1.165) is 24.2 Å². The summed E-state index contributed by atoms with van der Waals surface area (Å²) < 4.78 is 41.0. The third kappa shape index (κ3) is 5.45. The smallest absolute Gasteiger partial charge is 0.407 e. The molecule has 6 rings (SSSR count). The average molecular weight is 606 g/mol. The summed E-state index contributed by atoms with van der Waals surface area (Å²) in [5.41, 5.74) is 0.828. The van der Waals surface area contributed by atoms with E-state index in [-0.39, 0.29) is 46.0 Å². The molecule has 1 N–H and O–H groups in total. The second kappa shape index (κ2) is 10.7. The van der Waals surface area contributed by atoms with Crippen molar-refractivity contribution in [3.8, 4) is 21.7 Å². The maximum atomic E-state index is 15.6. The number of thiazole rings is 1. The van der Waals surface area contributed by atoms with Crippen molar-refractivity contribution in [2.45, 2.75) is 77.1 Å². The zero-order valence-electron chi connectivity index (χ0n) is 24.0. The minimum atomic E-state index is -0.737. The molecule has 2 atom stereocenters. The molecule has 2 amide bonds. The van der Waals surface area contributed by atoms with Gasteiger partial charge in [0.15, 0.2) is 10.6 Å². The molecule has 2 unspecified atom stereocenters. The van der Waals surface area contributed by atoms with E-state index < -0.39 is 23.3 Å². The van der Waals surface area contributed by atoms with Crippen molar-refractivity contribution in [1.82, 2.24) is 20.4 Å². The Labute approximate surface area is 250 Å². The number of hydrogen-bond acceptors (Lipinski definition) is 7. The van der Waals surface area contributed by atoms with Gasteiger partial charge in [-0.25, -0.2) is 23.4 Å². The fraction of sp³-hybridized carbons (Fsp3) is 0.387. The van der Waals surface area contributed by atoms with Gasteiger partial charge in [0.25, 0.3) is 5.91 Å². The summed E-state index contributed by atoms with van der Waals surface area (Å²) in [6, 6.07) is 6.54. The molecule has 2 bridgehead atoms. The first kappa shape index (κ1) is 28.7. The highest BCUT2D eigenvalue weighted by atomic mass is 32.1. The van der Waals surface area contributed by atoms with E-state index in [4.69, 9.17) is 15.8 Å². The van der Waals surface area contributed by atoms with Crippen molar-refractivity contribution >= 4 is 40.0 Å². The molecule has 0 radical (unpaired) electrons. The number of amides is 2. The van der Waals surface area contributed by atoms with Crippen LogP contribution in [0.4, 0.5) is 19.3 Å². The summed E-state index contributed by atoms with van der Waals surface area (Å²) in [6.45, 7) is 14.3. The number of benzene rings is 2. The number of fused-ring (bicyclic) bond motifs is 3. The van der Waals surface area contributed by atoms with Crippen molar-refractivity contribution in [1.29, 1.82) is 0 Å². The van der Waals surface area contributed by atoms with Gasteiger partial charge in [0, 0.05) is 34.6 Å². The lowest BCUT2D eigenvalue weighted by Gasteiger charge is -2.38. The number of carbonyl (C=O) groups is 2. The zero-order valence-corrected chi connectivity index (χ0v) is 24.8. The lowest BCUT2D eigenvalue weighted by atomic mass is 9.97. The number of nitrogens with one attached hydrogen (secondary N) is 1. The molecular formula is C31H29F2N5O4S. The molecule has 43 heavy (non-hydrogen) atoms. The van der Waals surface area contributed by atoms with Gasteiger partial charge >= 0.3 is 6.09 Å². The SMILES string of the molecule is [C-]#[N+]c1ccc(-c2nc(C(=O)N3C4CCC3CC(NC(=O)OC(C)(C)C)C4)sc2-c2cc3onc(C)c3cc2F)cc1F. The molecular weight excluding hydrogens is 576 g/mol. The average Bonchev–Trinajstić information content (AvgIpc) is 3.61. The van der Waals surface area contributed by atoms with Crippen molar-refractivity contribution in [2.75, 3.05) is 0 Å². The topological polar surface area (TPSA) is 102 Å². The Morgan fingerprint density at radius 3 is 2.51 bits per heavy atom. The van der Waals surface area contributed by atoms with Gasteiger partial charge in [0.2, 0.25) is 5.69 Å². The summed E-state index contributed by atoms with van der Waals surface area (Å²) in [5.74, 6) is -1.59. The maximum Gasteiger partial charge on any atom is 0.407 e. The van der Waals surface area contributed by atoms with Crippen LogP contribution < -0.4 is 5.32 Å². The van der Waals surface area contributed by atoms with Crippen molar-refractivity contribution < 1.29 is 27.6 Å². The molecule has 12 heteroatoms. The van der Waals surface area contributed by atoms with Crippen LogP contribution in [0.15, 0.2) is 34.9 Å². The first-order valence-electron chi connectivity index (χ1n) is 14.0. The lowest BCUT2D eigenvalue weighted by molar-refractivity contribution is 0.0418. The van der Waals surface area contributed by atoms with Crippen LogP contribution in [0, 0.1) is 25.1 Å². The number of carbonyl (C=O) groups excluding carboxylic acids is 2. The van der Waals surface area contributed by atoms with Gasteiger partial charge in [-0.3, -0.25) is 4.79 Å². The lowest BCUT2D eigenvalue weighted by Crippen LogP contribution is -2.53. The summed E-state index contributed by atoms with van der Waals surface area (Å²) in [7, 11) is 0. The molecule has 222 valence electrons. The summed E-state index contributed by atoms with van der Waals surface area (Å²) >= 11 is 1.03. The molecule has 0 aliphatic carbocycles. The number of piperidine rings is 1. The molecule has 2 saturated heterocycles. The number of aromatic nitrogens is 2. The van der Waals surface area contributed by atoms with Crippen LogP contribution in [-0.2, 0) is 4.74 Å². The van der Waals surface area contributed by atoms with Crippen LogP contribution in [0.25, 0.3) is 37.5 Å². The first-order valence-corrected chi connectivity index (χ1v) is 14.8. The van der Waals surface area contributed by atoms with Crippen molar-refractivity contribution in [3.63, 3.8) is 0 Å². The van der Waals surface area contributed by atoms with Gasteiger partial charge in [-0.15, -0.1) is 11.3 Å². The van der Waals surface area contributed by atoms with Crippen LogP contribution in [0.1, 0.15) is 62.0 Å². The predicted molar refractivity (Wildman–Crippen MR) is 157 cm³/mol. The Balaban J connectivity index is 1.35. The van der Waals surface area contributed by atoms with Gasteiger partial charge in [-0.05, 0) is 71.6 Å². The number of aryl methyl sites for hydroxylation is 1. The second-order valence-corrected chi connectivity index (χ2v) is 13.0. The molecule has 2 fully saturated rings. The zero-order chi connectivity index (χ0) is 30.6. The van der Waals surface area contributed by atoms with Gasteiger partial charge in [-0.1, -0.05) is 17.3 Å². The number of nitrogens with zero attached hydrogens (tertiary/aromatic N) is 4. The summed E-state index contributed by atoms with van der Waals surface area (Å²) in [6.07, 6.45) is 2.24. The third-order valence-electron chi connectivity index (χ3n) is 7.82. The molecule has 2 aromatic carbocycles. The predicted octanol–water partition coefficient (Wildman–Crippen LogP) is 7.42. The Kier molecular flexibility index (Phi) is 7.16. The highest BCUT2D eigenvalue weighted by Crippen LogP contribution is 2.43. The van der Waals surface area contributed by atoms with E-state index in [2.05, 4.69) is 20.3 Å². The largest absolute Gasteiger partial charge is 0.444 e. The first-order chi connectivity index (χ1) is 20.4. The number of halogens is 2. The highest BCUT2D eigenvalue weighted by molar-refractivity contribution is 7.17. The van der Waals surface area contributed by atoms with E-state index in [1.807, 2.05) is 4.90 Å². The Morgan fingerprint density at radius 2 is 1.86 bits per heavy atom. The van der Waals surface area contributed by atoms with E-state index in [9.17, 15) is 14.0 Å². The van der Waals surface area contributed by atoms with Crippen LogP contribution in [-0.4, -0.2) is 50.8 Å². The van der Waals surface area contributed by atoms with E-state index >= 15 is 4.39 Å². The summed E-state index contributed by atoms with van der Waals surface area (Å²) in [4.78, 5) is 36.3. The van der Waals surface area contributed by atoms with Crippen LogP contribution in [0.3, 0.4) is 0 Å². The Morgan fingerprint density at radius 1 is 1.14 bits per heavy atom. The van der Waals surface area contributed by atoms with Gasteiger partial charge in [-0.2, -0.15) is 0 Å². The summed E-state index contributed by atoms with van der Waals surface area (Å²) in [5, 5.41) is 7.53. The molecule has 4 aromatic rings. The molecule has 0 saturated carbocycles. The Hall–Kier alpha value is -4.37. The second-order valence-electron chi connectivity index (χ2n) is 12.0. The molecule has 2 aromatic heterocycles. The van der Waals surface area contributed by atoms with Crippen molar-refractivity contribution in [2.24, 2.45) is 0 Å². The number of alkyl carbamates (subject to hydrolysis) is 1. The Bertz CT molecular complexity index is 1790. The normalized spacial score (nSPS) is 19.8. The fourth-order valence-electron chi connectivity index (χ4n) is 6.00. The van der Waals surface area contributed by atoms with E-state index in [1.165, 1.54) is 30.3 Å². The maximum absolute atomic E-state index is 15.6. The van der Waals surface area contributed by atoms with Crippen LogP contribution >= 0.6 is 11.3 Å². The van der Waals surface area contributed by atoms with Crippen molar-refractivity contribution in [3.05, 3.63) is 64.1 Å². The molecule has 2 aliphatic heterocycles. The van der Waals surface area contributed by atoms with Gasteiger partial charge in [0.1, 0.15) is 17.2 Å².